The summed E-state index contributed by atoms with van der Waals surface area (Å²) >= 11 is 2.44. The van der Waals surface area contributed by atoms with E-state index in [9.17, 15) is 14.9 Å². The maximum Gasteiger partial charge on any atom is 0.281 e. The summed E-state index contributed by atoms with van der Waals surface area (Å²) in [5.41, 5.74) is 4.33. The molecule has 2 aromatic heterocycles. The van der Waals surface area contributed by atoms with Gasteiger partial charge in [0.1, 0.15) is 4.83 Å². The molecular formula is C24H21N5O2S2. The van der Waals surface area contributed by atoms with Crippen molar-refractivity contribution in [1.82, 2.24) is 9.66 Å². The van der Waals surface area contributed by atoms with E-state index in [4.69, 9.17) is 5.84 Å². The van der Waals surface area contributed by atoms with Gasteiger partial charge in [0.05, 0.1) is 21.9 Å². The lowest BCUT2D eigenvalue weighted by atomic mass is 10.1. The summed E-state index contributed by atoms with van der Waals surface area (Å²) in [4.78, 5) is 31.4. The van der Waals surface area contributed by atoms with E-state index >= 15 is 0 Å². The number of nitrogens with one attached hydrogen (secondary N) is 1. The third-order valence-corrected chi connectivity index (χ3v) is 7.48. The number of rotatable bonds is 5. The Kier molecular flexibility index (Phi) is 6.22. The van der Waals surface area contributed by atoms with Crippen molar-refractivity contribution in [2.24, 2.45) is 0 Å². The Morgan fingerprint density at radius 1 is 1.24 bits per heavy atom. The molecule has 33 heavy (non-hydrogen) atoms. The third kappa shape index (κ3) is 4.35. The van der Waals surface area contributed by atoms with Gasteiger partial charge in [-0.25, -0.2) is 9.66 Å². The van der Waals surface area contributed by atoms with Gasteiger partial charge in [-0.05, 0) is 49.6 Å². The number of amides is 1. The molecule has 0 saturated carbocycles. The van der Waals surface area contributed by atoms with Gasteiger partial charge >= 0.3 is 0 Å². The minimum absolute atomic E-state index is 0.289. The number of thiophene rings is 1. The largest absolute Gasteiger partial charge is 0.334 e. The summed E-state index contributed by atoms with van der Waals surface area (Å²) in [6.07, 6.45) is 0. The number of anilines is 1. The maximum atomic E-state index is 13.0. The molecule has 0 aliphatic heterocycles. The average molecular weight is 476 g/mol. The molecule has 166 valence electrons. The molecular weight excluding hydrogens is 454 g/mol. The number of hydrogen-bond acceptors (Lipinski definition) is 7. The number of aromatic nitrogens is 2. The first kappa shape index (κ1) is 22.6. The number of carbonyl (C=O) groups is 1. The second-order valence-corrected chi connectivity index (χ2v) is 9.58. The van der Waals surface area contributed by atoms with Crippen LogP contribution in [-0.2, 0) is 5.75 Å². The Labute approximate surface area is 198 Å². The molecule has 4 aromatic rings. The van der Waals surface area contributed by atoms with Crippen LogP contribution in [0.5, 0.6) is 0 Å². The molecule has 0 spiro atoms. The van der Waals surface area contributed by atoms with E-state index < -0.39 is 5.56 Å². The van der Waals surface area contributed by atoms with Crippen LogP contribution in [-0.4, -0.2) is 15.6 Å². The second-order valence-electron chi connectivity index (χ2n) is 7.64. The number of aryl methyl sites for hydroxylation is 3. The minimum atomic E-state index is -0.407. The lowest BCUT2D eigenvalue weighted by Gasteiger charge is -2.08. The highest BCUT2D eigenvalue weighted by Gasteiger charge is 2.22. The number of nitriles is 1. The SMILES string of the molecule is Cc1ccc(NC(=O)c2sc3nc(SCc4ccccc4C#N)n(N)c(=O)c3c2C)c(C)c1. The van der Waals surface area contributed by atoms with Crippen molar-refractivity contribution in [1.29, 1.82) is 5.26 Å². The van der Waals surface area contributed by atoms with Crippen molar-refractivity contribution in [3.05, 3.63) is 85.5 Å². The van der Waals surface area contributed by atoms with E-state index in [0.717, 1.165) is 27.1 Å². The Hall–Kier alpha value is -3.61. The number of benzene rings is 2. The molecule has 0 fully saturated rings. The molecule has 0 radical (unpaired) electrons. The molecule has 4 rings (SSSR count). The lowest BCUT2D eigenvalue weighted by Crippen LogP contribution is -2.29. The fraction of sp³-hybridized carbons (Fsp3) is 0.167. The average Bonchev–Trinajstić information content (AvgIpc) is 3.13. The molecule has 0 aliphatic rings. The molecule has 0 atom stereocenters. The maximum absolute atomic E-state index is 13.0. The van der Waals surface area contributed by atoms with Gasteiger partial charge in [0.15, 0.2) is 5.16 Å². The zero-order valence-electron chi connectivity index (χ0n) is 18.3. The van der Waals surface area contributed by atoms with Crippen molar-refractivity contribution in [3.63, 3.8) is 0 Å². The minimum Gasteiger partial charge on any atom is -0.334 e. The topological polar surface area (TPSA) is 114 Å². The molecule has 0 bridgehead atoms. The number of carbonyl (C=O) groups excluding carboxylic acids is 1. The highest BCUT2D eigenvalue weighted by atomic mass is 32.2. The lowest BCUT2D eigenvalue weighted by molar-refractivity contribution is 0.103. The van der Waals surface area contributed by atoms with Gasteiger partial charge in [0, 0.05) is 11.4 Å². The van der Waals surface area contributed by atoms with Crippen LogP contribution in [0.2, 0.25) is 0 Å². The Morgan fingerprint density at radius 2 is 2.00 bits per heavy atom. The molecule has 0 aliphatic carbocycles. The smallest absolute Gasteiger partial charge is 0.281 e. The highest BCUT2D eigenvalue weighted by molar-refractivity contribution is 7.98. The van der Waals surface area contributed by atoms with E-state index in [1.807, 2.05) is 44.2 Å². The number of hydrogen-bond donors (Lipinski definition) is 2. The first-order valence-electron chi connectivity index (χ1n) is 10.1. The van der Waals surface area contributed by atoms with Crippen LogP contribution in [0.25, 0.3) is 10.2 Å². The van der Waals surface area contributed by atoms with E-state index in [1.54, 1.807) is 19.1 Å². The molecule has 0 unspecified atom stereocenters. The Balaban J connectivity index is 1.67. The monoisotopic (exact) mass is 475 g/mol. The standard InChI is InChI=1S/C24H21N5O2S2/c1-13-8-9-18(14(2)10-13)27-21(30)20-15(3)19-22(33-20)28-24(29(26)23(19)31)32-12-17-7-5-4-6-16(17)11-25/h4-10H,12,26H2,1-3H3,(H,27,30). The van der Waals surface area contributed by atoms with Crippen LogP contribution in [0.4, 0.5) is 5.69 Å². The zero-order valence-corrected chi connectivity index (χ0v) is 19.9. The van der Waals surface area contributed by atoms with E-state index in [2.05, 4.69) is 16.4 Å². The van der Waals surface area contributed by atoms with Crippen molar-refractivity contribution in [3.8, 4) is 6.07 Å². The molecule has 9 heteroatoms. The summed E-state index contributed by atoms with van der Waals surface area (Å²) in [7, 11) is 0. The fourth-order valence-corrected chi connectivity index (χ4v) is 5.56. The summed E-state index contributed by atoms with van der Waals surface area (Å²) in [5, 5.41) is 12.9. The van der Waals surface area contributed by atoms with Crippen molar-refractivity contribution < 1.29 is 4.79 Å². The van der Waals surface area contributed by atoms with E-state index in [0.29, 0.717) is 37.1 Å². The molecule has 1 amide bonds. The van der Waals surface area contributed by atoms with Gasteiger partial charge < -0.3 is 11.2 Å². The van der Waals surface area contributed by atoms with Crippen LogP contribution in [0.3, 0.4) is 0 Å². The molecule has 3 N–H and O–H groups in total. The van der Waals surface area contributed by atoms with Gasteiger partial charge in [0.2, 0.25) is 0 Å². The van der Waals surface area contributed by atoms with Crippen LogP contribution < -0.4 is 16.7 Å². The van der Waals surface area contributed by atoms with Gasteiger partial charge in [-0.3, -0.25) is 9.59 Å². The van der Waals surface area contributed by atoms with Gasteiger partial charge in [-0.15, -0.1) is 11.3 Å². The Bertz CT molecular complexity index is 1500. The van der Waals surface area contributed by atoms with E-state index in [-0.39, 0.29) is 5.91 Å². The highest BCUT2D eigenvalue weighted by Crippen LogP contribution is 2.31. The second kappa shape index (κ2) is 9.10. The summed E-state index contributed by atoms with van der Waals surface area (Å²) in [6.45, 7) is 5.66. The van der Waals surface area contributed by atoms with Crippen molar-refractivity contribution >= 4 is 44.9 Å². The predicted molar refractivity (Wildman–Crippen MR) is 133 cm³/mol. The fourth-order valence-electron chi connectivity index (χ4n) is 3.53. The van der Waals surface area contributed by atoms with Crippen molar-refractivity contribution in [2.45, 2.75) is 31.7 Å². The van der Waals surface area contributed by atoms with Crippen LogP contribution >= 0.6 is 23.1 Å². The normalized spacial score (nSPS) is 10.8. The number of fused-ring (bicyclic) bond motifs is 1. The number of thioether (sulfide) groups is 1. The number of nitrogen functional groups attached to an aromatic ring is 1. The quantitative estimate of drug-likeness (QED) is 0.249. The van der Waals surface area contributed by atoms with Crippen LogP contribution in [0.15, 0.2) is 52.4 Å². The zero-order chi connectivity index (χ0) is 23.7. The van der Waals surface area contributed by atoms with Gasteiger partial charge in [-0.1, -0.05) is 47.7 Å². The number of nitrogens with two attached hydrogens (primary N) is 1. The molecule has 2 heterocycles. The third-order valence-electron chi connectivity index (χ3n) is 5.30. The van der Waals surface area contributed by atoms with Crippen LogP contribution in [0.1, 0.15) is 37.5 Å². The Morgan fingerprint density at radius 3 is 2.73 bits per heavy atom. The molecule has 7 nitrogen and oxygen atoms in total. The first-order chi connectivity index (χ1) is 15.8. The van der Waals surface area contributed by atoms with Crippen molar-refractivity contribution in [2.75, 3.05) is 11.2 Å². The molecule has 0 saturated heterocycles. The summed E-state index contributed by atoms with van der Waals surface area (Å²) in [5.74, 6) is 6.20. The summed E-state index contributed by atoms with van der Waals surface area (Å²) < 4.78 is 1.01. The molecule has 2 aromatic carbocycles. The number of nitrogens with zero attached hydrogens (tertiary/aromatic N) is 3. The van der Waals surface area contributed by atoms with E-state index in [1.165, 1.54) is 23.1 Å². The van der Waals surface area contributed by atoms with Crippen LogP contribution in [0, 0.1) is 32.1 Å². The summed E-state index contributed by atoms with van der Waals surface area (Å²) in [6, 6.07) is 15.2. The van der Waals surface area contributed by atoms with Gasteiger partial charge in [0.25, 0.3) is 11.5 Å². The first-order valence-corrected chi connectivity index (χ1v) is 11.9. The van der Waals surface area contributed by atoms with Gasteiger partial charge in [-0.2, -0.15) is 5.26 Å². The predicted octanol–water partition coefficient (Wildman–Crippen LogP) is 4.51.